The number of carbonyl (C=O) groups excluding carboxylic acids is 2. The van der Waals surface area contributed by atoms with E-state index < -0.39 is 29.0 Å². The predicted octanol–water partition coefficient (Wildman–Crippen LogP) is 3.35. The van der Waals surface area contributed by atoms with Crippen molar-refractivity contribution in [3.8, 4) is 5.75 Å². The topological polar surface area (TPSA) is 160 Å². The Hall–Kier alpha value is -4.77. The number of amides is 2. The van der Waals surface area contributed by atoms with Gasteiger partial charge in [0.05, 0.1) is 35.2 Å². The fraction of sp³-hybridized carbons (Fsp3) is 0.469. The maximum Gasteiger partial charge on any atom is 0.416 e. The average molecular weight is 716 g/mol. The summed E-state index contributed by atoms with van der Waals surface area (Å²) in [5.41, 5.74) is -0.611. The molecule has 0 atom stereocenters. The number of hydrogen-bond acceptors (Lipinski definition) is 10. The van der Waals surface area contributed by atoms with Crippen LogP contribution in [0.3, 0.4) is 0 Å². The van der Waals surface area contributed by atoms with Gasteiger partial charge in [-0.05, 0) is 57.2 Å². The van der Waals surface area contributed by atoms with Crippen LogP contribution in [-0.2, 0) is 34.1 Å². The number of halogens is 4. The second-order valence-electron chi connectivity index (χ2n) is 12.8. The standard InChI is InChI=1S/C32H33ClF3N9O5/c1-18-26(47)25(38-17-37-18)28(49)42-9-7-31(8-10-42)6-2-3-22-24(31)27(48)45-30(40-29(41-45)43-11-13-50-14-12-43)44(22)16-23(46)39-21-5-4-19(15-20(21)33)32(34,35)36/h4-5,15,17,47H,2-3,6-14,16H2,1H3,(H,39,46). The maximum absolute atomic E-state index is 14.4. The van der Waals surface area contributed by atoms with Crippen molar-refractivity contribution in [1.82, 2.24) is 34.0 Å². The van der Waals surface area contributed by atoms with Crippen LogP contribution in [0.1, 0.15) is 58.7 Å². The Morgan fingerprint density at radius 3 is 2.54 bits per heavy atom. The van der Waals surface area contributed by atoms with E-state index in [1.807, 2.05) is 4.90 Å². The van der Waals surface area contributed by atoms with E-state index in [0.29, 0.717) is 88.7 Å². The molecular weight excluding hydrogens is 683 g/mol. The van der Waals surface area contributed by atoms with E-state index in [4.69, 9.17) is 21.3 Å². The largest absolute Gasteiger partial charge is 0.504 e. The van der Waals surface area contributed by atoms with Crippen molar-refractivity contribution in [2.24, 2.45) is 0 Å². The van der Waals surface area contributed by atoms with Crippen molar-refractivity contribution in [2.75, 3.05) is 49.6 Å². The van der Waals surface area contributed by atoms with Gasteiger partial charge in [-0.1, -0.05) is 11.6 Å². The zero-order valence-electron chi connectivity index (χ0n) is 27.0. The minimum atomic E-state index is -4.60. The molecule has 2 amide bonds. The van der Waals surface area contributed by atoms with Crippen LogP contribution in [0.5, 0.6) is 5.75 Å². The fourth-order valence-electron chi connectivity index (χ4n) is 7.20. The number of rotatable bonds is 5. The van der Waals surface area contributed by atoms with Crippen LogP contribution in [0.15, 0.2) is 29.3 Å². The molecule has 0 radical (unpaired) electrons. The first-order valence-corrected chi connectivity index (χ1v) is 16.6. The van der Waals surface area contributed by atoms with Crippen LogP contribution < -0.4 is 15.8 Å². The molecule has 50 heavy (non-hydrogen) atoms. The summed E-state index contributed by atoms with van der Waals surface area (Å²) in [4.78, 5) is 57.5. The number of aryl methyl sites for hydroxylation is 1. The molecule has 1 aromatic carbocycles. The molecule has 4 aromatic rings. The highest BCUT2D eigenvalue weighted by Crippen LogP contribution is 2.44. The summed E-state index contributed by atoms with van der Waals surface area (Å²) < 4.78 is 48.0. The quantitative estimate of drug-likeness (QED) is 0.314. The van der Waals surface area contributed by atoms with Crippen LogP contribution >= 0.6 is 11.6 Å². The van der Waals surface area contributed by atoms with E-state index in [9.17, 15) is 32.7 Å². The second kappa shape index (κ2) is 12.8. The smallest absolute Gasteiger partial charge is 0.416 e. The number of ether oxygens (including phenoxy) is 1. The van der Waals surface area contributed by atoms with Gasteiger partial charge in [0.25, 0.3) is 11.5 Å². The zero-order chi connectivity index (χ0) is 35.4. The number of carbonyl (C=O) groups is 2. The number of nitrogens with one attached hydrogen (secondary N) is 1. The molecule has 1 spiro atoms. The first-order chi connectivity index (χ1) is 23.9. The number of hydrogen-bond donors (Lipinski definition) is 2. The predicted molar refractivity (Wildman–Crippen MR) is 174 cm³/mol. The van der Waals surface area contributed by atoms with Gasteiger partial charge in [-0.15, -0.1) is 5.10 Å². The van der Waals surface area contributed by atoms with Gasteiger partial charge in [0, 0.05) is 42.9 Å². The number of piperidine rings is 1. The SMILES string of the molecule is Cc1ncnc(C(=O)N2CCC3(CCCc4c3c(=O)n3nc(N5CCOCC5)nc3n4CC(=O)Nc3ccc(C(F)(F)F)cc3Cl)CC2)c1O. The molecule has 0 bridgehead atoms. The molecule has 264 valence electrons. The Bertz CT molecular complexity index is 2050. The molecule has 5 heterocycles. The molecule has 3 aliphatic rings. The number of morpholine rings is 1. The van der Waals surface area contributed by atoms with Gasteiger partial charge in [-0.3, -0.25) is 14.4 Å². The Labute approximate surface area is 287 Å². The lowest BCUT2D eigenvalue weighted by Gasteiger charge is -2.45. The van der Waals surface area contributed by atoms with E-state index in [0.717, 1.165) is 18.2 Å². The molecule has 2 fully saturated rings. The van der Waals surface area contributed by atoms with E-state index in [1.54, 1.807) is 16.4 Å². The molecular formula is C32H33ClF3N9O5. The summed E-state index contributed by atoms with van der Waals surface area (Å²) in [6.07, 6.45) is -0.671. The molecule has 2 N–H and O–H groups in total. The van der Waals surface area contributed by atoms with E-state index in [2.05, 4.69) is 20.4 Å². The van der Waals surface area contributed by atoms with E-state index in [-0.39, 0.29) is 45.7 Å². The maximum atomic E-state index is 14.4. The number of aromatic hydroxyl groups is 1. The molecule has 0 saturated carbocycles. The normalized spacial score (nSPS) is 17.6. The van der Waals surface area contributed by atoms with Crippen LogP contribution in [0.4, 0.5) is 24.8 Å². The Kier molecular flexibility index (Phi) is 8.66. The van der Waals surface area contributed by atoms with Gasteiger partial charge in [-0.2, -0.15) is 22.7 Å². The Balaban J connectivity index is 1.25. The molecule has 1 aliphatic carbocycles. The van der Waals surface area contributed by atoms with E-state index >= 15 is 0 Å². The summed E-state index contributed by atoms with van der Waals surface area (Å²) in [7, 11) is 0. The third kappa shape index (κ3) is 6.01. The van der Waals surface area contributed by atoms with Crippen molar-refractivity contribution in [2.45, 2.75) is 57.2 Å². The summed E-state index contributed by atoms with van der Waals surface area (Å²) >= 11 is 6.14. The highest BCUT2D eigenvalue weighted by molar-refractivity contribution is 6.33. The number of nitrogens with zero attached hydrogens (tertiary/aromatic N) is 8. The molecule has 18 heteroatoms. The van der Waals surface area contributed by atoms with Crippen LogP contribution in [0.2, 0.25) is 5.02 Å². The lowest BCUT2D eigenvalue weighted by Crippen LogP contribution is -2.50. The molecule has 14 nitrogen and oxygen atoms in total. The first kappa shape index (κ1) is 33.7. The monoisotopic (exact) mass is 715 g/mol. The van der Waals surface area contributed by atoms with Gasteiger partial charge >= 0.3 is 6.18 Å². The van der Waals surface area contributed by atoms with Gasteiger partial charge in [0.1, 0.15) is 12.9 Å². The number of anilines is 2. The van der Waals surface area contributed by atoms with Gasteiger partial charge < -0.3 is 29.5 Å². The minimum absolute atomic E-state index is 0.00417. The minimum Gasteiger partial charge on any atom is -0.504 e. The number of likely N-dealkylation sites (tertiary alicyclic amines) is 1. The van der Waals surface area contributed by atoms with Crippen molar-refractivity contribution in [1.29, 1.82) is 0 Å². The average Bonchev–Trinajstić information content (AvgIpc) is 3.55. The lowest BCUT2D eigenvalue weighted by molar-refractivity contribution is -0.137. The van der Waals surface area contributed by atoms with Gasteiger partial charge in [0.2, 0.25) is 17.6 Å². The Morgan fingerprint density at radius 2 is 1.84 bits per heavy atom. The van der Waals surface area contributed by atoms with Crippen molar-refractivity contribution >= 4 is 40.8 Å². The summed E-state index contributed by atoms with van der Waals surface area (Å²) in [6, 6.07) is 2.68. The van der Waals surface area contributed by atoms with Crippen molar-refractivity contribution in [3.05, 3.63) is 68.1 Å². The third-order valence-corrected chi connectivity index (χ3v) is 10.1. The summed E-state index contributed by atoms with van der Waals surface area (Å²) in [5, 5.41) is 17.4. The number of fused-ring (bicyclic) bond motifs is 3. The van der Waals surface area contributed by atoms with Crippen LogP contribution in [0.25, 0.3) is 5.78 Å². The lowest BCUT2D eigenvalue weighted by atomic mass is 9.66. The van der Waals surface area contributed by atoms with Crippen molar-refractivity contribution < 1.29 is 32.6 Å². The molecule has 2 aliphatic heterocycles. The molecule has 3 aromatic heterocycles. The zero-order valence-corrected chi connectivity index (χ0v) is 27.7. The highest BCUT2D eigenvalue weighted by Gasteiger charge is 2.45. The van der Waals surface area contributed by atoms with E-state index in [1.165, 1.54) is 10.8 Å². The second-order valence-corrected chi connectivity index (χ2v) is 13.2. The van der Waals surface area contributed by atoms with Gasteiger partial charge in [0.15, 0.2) is 11.4 Å². The summed E-state index contributed by atoms with van der Waals surface area (Å²) in [5.74, 6) is -0.832. The number of aromatic nitrogens is 6. The number of benzene rings is 1. The van der Waals surface area contributed by atoms with Crippen molar-refractivity contribution in [3.63, 3.8) is 0 Å². The number of alkyl halides is 3. The van der Waals surface area contributed by atoms with Crippen LogP contribution in [-0.4, -0.2) is 90.3 Å². The molecule has 2 saturated heterocycles. The highest BCUT2D eigenvalue weighted by atomic mass is 35.5. The Morgan fingerprint density at radius 1 is 1.10 bits per heavy atom. The summed E-state index contributed by atoms with van der Waals surface area (Å²) in [6.45, 7) is 3.77. The molecule has 7 rings (SSSR count). The van der Waals surface area contributed by atoms with Crippen LogP contribution in [0, 0.1) is 6.92 Å². The van der Waals surface area contributed by atoms with Gasteiger partial charge in [-0.25, -0.2) is 9.97 Å². The first-order valence-electron chi connectivity index (χ1n) is 16.2. The fourth-order valence-corrected chi connectivity index (χ4v) is 7.43. The molecule has 0 unspecified atom stereocenters. The third-order valence-electron chi connectivity index (χ3n) is 9.82.